The fourth-order valence-corrected chi connectivity index (χ4v) is 2.61. The molecule has 1 amide bonds. The van der Waals surface area contributed by atoms with Crippen molar-refractivity contribution in [1.29, 1.82) is 0 Å². The summed E-state index contributed by atoms with van der Waals surface area (Å²) < 4.78 is 6.70. The average Bonchev–Trinajstić information content (AvgIpc) is 2.94. The number of carbonyl (C=O) groups is 1. The summed E-state index contributed by atoms with van der Waals surface area (Å²) in [6.07, 6.45) is 2.78. The highest BCUT2D eigenvalue weighted by Crippen LogP contribution is 2.30. The van der Waals surface area contributed by atoms with Crippen molar-refractivity contribution in [2.75, 3.05) is 12.8 Å². The molecule has 1 aromatic carbocycles. The van der Waals surface area contributed by atoms with Crippen LogP contribution in [0.3, 0.4) is 0 Å². The highest BCUT2D eigenvalue weighted by atomic mass is 32.1. The monoisotopic (exact) mass is 344 g/mol. The van der Waals surface area contributed by atoms with Crippen molar-refractivity contribution in [3.63, 3.8) is 0 Å². The van der Waals surface area contributed by atoms with Gasteiger partial charge in [-0.2, -0.15) is 0 Å². The summed E-state index contributed by atoms with van der Waals surface area (Å²) in [5.41, 5.74) is 6.82. The number of hydrogen-bond donors (Lipinski definition) is 2. The van der Waals surface area contributed by atoms with Crippen LogP contribution in [-0.2, 0) is 0 Å². The second kappa shape index (κ2) is 8.26. The van der Waals surface area contributed by atoms with E-state index in [0.29, 0.717) is 22.3 Å². The molecule has 126 valence electrons. The minimum atomic E-state index is -0.258. The maximum Gasteiger partial charge on any atom is 0.269 e. The van der Waals surface area contributed by atoms with Crippen LogP contribution in [0.4, 0.5) is 5.13 Å². The smallest absolute Gasteiger partial charge is 0.269 e. The van der Waals surface area contributed by atoms with E-state index in [1.165, 1.54) is 24.0 Å². The lowest BCUT2D eigenvalue weighted by Crippen LogP contribution is -2.18. The molecule has 0 unspecified atom stereocenters. The molecule has 0 spiro atoms. The fraction of sp³-hybridized carbons (Fsp3) is 0.235. The third-order valence-electron chi connectivity index (χ3n) is 2.80. The van der Waals surface area contributed by atoms with Crippen molar-refractivity contribution in [2.24, 2.45) is 0 Å². The zero-order valence-electron chi connectivity index (χ0n) is 13.9. The lowest BCUT2D eigenvalue weighted by atomic mass is 10.3. The molecule has 6 nitrogen and oxygen atoms in total. The van der Waals surface area contributed by atoms with Gasteiger partial charge in [0.1, 0.15) is 17.2 Å². The Kier molecular flexibility index (Phi) is 6.08. The van der Waals surface area contributed by atoms with E-state index in [1.54, 1.807) is 19.2 Å². The molecule has 0 aliphatic rings. The molecule has 0 aliphatic carbocycles. The second-order valence-corrected chi connectivity index (χ2v) is 6.01. The molecule has 3 N–H and O–H groups in total. The lowest BCUT2D eigenvalue weighted by molar-refractivity contribution is 0.0958. The Morgan fingerprint density at radius 2 is 1.96 bits per heavy atom. The summed E-state index contributed by atoms with van der Waals surface area (Å²) in [5, 5.41) is 3.04. The Bertz CT molecular complexity index is 832. The van der Waals surface area contributed by atoms with Gasteiger partial charge in [0.25, 0.3) is 5.91 Å². The number of nitrogens with one attached hydrogen (secondary N) is 1. The predicted molar refractivity (Wildman–Crippen MR) is 97.7 cm³/mol. The number of thiazole rings is 1. The van der Waals surface area contributed by atoms with Gasteiger partial charge in [-0.15, -0.1) is 0 Å². The maximum atomic E-state index is 11.5. The Balaban J connectivity index is 0.000000647. The van der Waals surface area contributed by atoms with Gasteiger partial charge in [-0.3, -0.25) is 9.78 Å². The van der Waals surface area contributed by atoms with E-state index in [4.69, 9.17) is 10.5 Å². The third-order valence-corrected chi connectivity index (χ3v) is 3.65. The van der Waals surface area contributed by atoms with Gasteiger partial charge >= 0.3 is 0 Å². The number of nitrogens with zero attached hydrogens (tertiary/aromatic N) is 2. The van der Waals surface area contributed by atoms with Crippen LogP contribution in [0.1, 0.15) is 30.8 Å². The summed E-state index contributed by atoms with van der Waals surface area (Å²) in [7, 11) is 1.56. The molecular weight excluding hydrogens is 324 g/mol. The Morgan fingerprint density at radius 1 is 1.25 bits per heavy atom. The first-order chi connectivity index (χ1) is 11.6. The summed E-state index contributed by atoms with van der Waals surface area (Å²) in [5.74, 6) is 0.937. The molecule has 0 atom stereocenters. The Labute approximate surface area is 144 Å². The number of aromatic nitrogens is 2. The summed E-state index contributed by atoms with van der Waals surface area (Å²) in [6, 6.07) is 8.80. The highest BCUT2D eigenvalue weighted by Gasteiger charge is 2.08. The van der Waals surface area contributed by atoms with Crippen molar-refractivity contribution in [2.45, 2.75) is 20.3 Å². The molecule has 0 fully saturated rings. The number of pyridine rings is 1. The van der Waals surface area contributed by atoms with Crippen LogP contribution in [0, 0.1) is 0 Å². The number of amides is 1. The van der Waals surface area contributed by atoms with Crippen molar-refractivity contribution < 1.29 is 9.53 Å². The van der Waals surface area contributed by atoms with Gasteiger partial charge in [0, 0.05) is 25.4 Å². The zero-order valence-corrected chi connectivity index (χ0v) is 14.7. The van der Waals surface area contributed by atoms with Gasteiger partial charge in [0.05, 0.1) is 10.2 Å². The number of fused-ring (bicyclic) bond motifs is 1. The molecule has 0 bridgehead atoms. The van der Waals surface area contributed by atoms with Gasteiger partial charge in [-0.1, -0.05) is 31.6 Å². The molecule has 7 heteroatoms. The number of nitrogens with two attached hydrogens (primary N) is 1. The molecule has 0 saturated carbocycles. The summed E-state index contributed by atoms with van der Waals surface area (Å²) in [6.45, 7) is 4.25. The van der Waals surface area contributed by atoms with E-state index >= 15 is 0 Å². The molecular formula is C17H20N4O2S. The van der Waals surface area contributed by atoms with Crippen LogP contribution in [0.25, 0.3) is 10.2 Å². The maximum absolute atomic E-state index is 11.5. The predicted octanol–water partition coefficient (Wildman–Crippen LogP) is 3.84. The number of anilines is 1. The van der Waals surface area contributed by atoms with Crippen LogP contribution in [-0.4, -0.2) is 22.9 Å². The zero-order chi connectivity index (χ0) is 17.5. The van der Waals surface area contributed by atoms with Gasteiger partial charge < -0.3 is 15.8 Å². The van der Waals surface area contributed by atoms with Crippen molar-refractivity contribution in [1.82, 2.24) is 15.3 Å². The molecule has 2 aromatic heterocycles. The number of benzene rings is 1. The van der Waals surface area contributed by atoms with Gasteiger partial charge in [0.2, 0.25) is 0 Å². The van der Waals surface area contributed by atoms with Crippen LogP contribution in [0.5, 0.6) is 11.5 Å². The van der Waals surface area contributed by atoms with E-state index in [0.717, 1.165) is 10.2 Å². The molecule has 0 radical (unpaired) electrons. The lowest BCUT2D eigenvalue weighted by Gasteiger charge is -2.06. The molecule has 24 heavy (non-hydrogen) atoms. The first-order valence-electron chi connectivity index (χ1n) is 7.59. The molecule has 0 saturated heterocycles. The van der Waals surface area contributed by atoms with Crippen molar-refractivity contribution in [3.05, 3.63) is 42.2 Å². The number of rotatable bonds is 3. The van der Waals surface area contributed by atoms with Crippen molar-refractivity contribution in [3.8, 4) is 11.5 Å². The van der Waals surface area contributed by atoms with E-state index in [1.807, 2.05) is 18.2 Å². The number of ether oxygens (including phenoxy) is 1. The van der Waals surface area contributed by atoms with Crippen molar-refractivity contribution >= 4 is 32.6 Å². The van der Waals surface area contributed by atoms with E-state index < -0.39 is 0 Å². The minimum absolute atomic E-state index is 0.258. The van der Waals surface area contributed by atoms with E-state index in [9.17, 15) is 4.79 Å². The number of nitrogen functional groups attached to an aromatic ring is 1. The standard InChI is InChI=1S/C14H12N4O2S.C3H8/c1-16-13(19)11-6-9(4-5-17-11)20-8-2-3-10-12(7-8)21-14(15)18-10;1-3-2/h2-7H,1H3,(H2,15,18)(H,16,19);3H2,1-2H3. The summed E-state index contributed by atoms with van der Waals surface area (Å²) in [4.78, 5) is 19.7. The largest absolute Gasteiger partial charge is 0.457 e. The van der Waals surface area contributed by atoms with E-state index in [-0.39, 0.29) is 5.91 Å². The van der Waals surface area contributed by atoms with Crippen LogP contribution < -0.4 is 15.8 Å². The normalized spacial score (nSPS) is 9.96. The average molecular weight is 344 g/mol. The summed E-state index contributed by atoms with van der Waals surface area (Å²) >= 11 is 1.40. The first-order valence-corrected chi connectivity index (χ1v) is 8.41. The first kappa shape index (κ1) is 17.7. The van der Waals surface area contributed by atoms with Gasteiger partial charge in [0.15, 0.2) is 5.13 Å². The molecule has 3 aromatic rings. The number of hydrogen-bond acceptors (Lipinski definition) is 6. The second-order valence-electron chi connectivity index (χ2n) is 4.95. The molecule has 3 rings (SSSR count). The van der Waals surface area contributed by atoms with Gasteiger partial charge in [-0.25, -0.2) is 4.98 Å². The third kappa shape index (κ3) is 4.42. The molecule has 2 heterocycles. The Morgan fingerprint density at radius 3 is 2.67 bits per heavy atom. The number of carbonyl (C=O) groups excluding carboxylic acids is 1. The Hall–Kier alpha value is -2.67. The van der Waals surface area contributed by atoms with Crippen LogP contribution in [0.15, 0.2) is 36.5 Å². The van der Waals surface area contributed by atoms with Gasteiger partial charge in [-0.05, 0) is 18.2 Å². The topological polar surface area (TPSA) is 90.1 Å². The highest BCUT2D eigenvalue weighted by molar-refractivity contribution is 7.22. The van der Waals surface area contributed by atoms with E-state index in [2.05, 4.69) is 29.1 Å². The fourth-order valence-electron chi connectivity index (χ4n) is 1.85. The SMILES string of the molecule is CCC.CNC(=O)c1cc(Oc2ccc3nc(N)sc3c2)ccn1. The van der Waals surface area contributed by atoms with Crippen LogP contribution in [0.2, 0.25) is 0 Å². The van der Waals surface area contributed by atoms with Crippen LogP contribution >= 0.6 is 11.3 Å². The quantitative estimate of drug-likeness (QED) is 0.753. The molecule has 0 aliphatic heterocycles. The minimum Gasteiger partial charge on any atom is -0.457 e.